The number of carbonyl (C=O) groups is 2. The van der Waals surface area contributed by atoms with Gasteiger partial charge in [-0.2, -0.15) is 0 Å². The van der Waals surface area contributed by atoms with E-state index in [1.54, 1.807) is 0 Å². The van der Waals surface area contributed by atoms with E-state index in [0.717, 1.165) is 6.42 Å². The van der Waals surface area contributed by atoms with Crippen LogP contribution in [0.4, 0.5) is 10.6 Å². The normalized spacial score (nSPS) is 16.9. The van der Waals surface area contributed by atoms with Crippen molar-refractivity contribution in [2.24, 2.45) is 5.73 Å². The van der Waals surface area contributed by atoms with Gasteiger partial charge in [0.05, 0.1) is 12.6 Å². The maximum atomic E-state index is 12.1. The van der Waals surface area contributed by atoms with Crippen molar-refractivity contribution in [3.63, 3.8) is 0 Å². The molecule has 4 N–H and O–H groups in total. The average molecular weight is 345 g/mol. The minimum Gasteiger partial charge on any atom is -0.383 e. The number of anilines is 1. The second-order valence-electron chi connectivity index (χ2n) is 4.42. The Bertz CT molecular complexity index is 607. The molecular weight excluding hydrogens is 332 g/mol. The maximum absolute atomic E-state index is 12.1. The van der Waals surface area contributed by atoms with E-state index in [9.17, 15) is 9.59 Å². The van der Waals surface area contributed by atoms with E-state index in [4.69, 9.17) is 34.3 Å². The zero-order valence-electron chi connectivity index (χ0n) is 11.3. The molecule has 0 aromatic carbocycles. The zero-order valence-corrected chi connectivity index (χ0v) is 12.9. The summed E-state index contributed by atoms with van der Waals surface area (Å²) < 4.78 is 9.64. The predicted octanol–water partition coefficient (Wildman–Crippen LogP) is 1.05. The number of primary amides is 1. The molecule has 1 saturated heterocycles. The van der Waals surface area contributed by atoms with E-state index in [2.05, 4.69) is 20.4 Å². The molecule has 8 nitrogen and oxygen atoms in total. The number of hydrogen-bond donors (Lipinski definition) is 3. The monoisotopic (exact) mass is 344 g/mol. The summed E-state index contributed by atoms with van der Waals surface area (Å²) in [7, 11) is 0. The fourth-order valence-electron chi connectivity index (χ4n) is 1.81. The van der Waals surface area contributed by atoms with Crippen molar-refractivity contribution in [3.8, 4) is 0 Å². The van der Waals surface area contributed by atoms with Gasteiger partial charge in [0.15, 0.2) is 0 Å². The van der Waals surface area contributed by atoms with Gasteiger partial charge >= 0.3 is 6.09 Å². The quantitative estimate of drug-likeness (QED) is 0.702. The fraction of sp³-hybridized carbons (Fsp3) is 0.333. The second-order valence-corrected chi connectivity index (χ2v) is 5.23. The Labute approximate surface area is 136 Å². The number of nitrogens with one attached hydrogen (secondary N) is 2. The van der Waals surface area contributed by atoms with Crippen LogP contribution in [-0.4, -0.2) is 41.4 Å². The highest BCUT2D eigenvalue weighted by atomic mass is 35.5. The summed E-state index contributed by atoms with van der Waals surface area (Å²) in [5, 5.41) is 5.27. The molecule has 1 aliphatic rings. The molecule has 1 aromatic rings. The SMILES string of the molecule is NC(=O)OC(=S)Nc1cc(Cl)cc(C(=O)N[C@H]2CCOC2)n1. The van der Waals surface area contributed by atoms with Gasteiger partial charge < -0.3 is 25.8 Å². The number of nitrogens with two attached hydrogens (primary N) is 1. The number of carbonyl (C=O) groups excluding carboxylic acids is 2. The van der Waals surface area contributed by atoms with Gasteiger partial charge in [0.25, 0.3) is 11.1 Å². The van der Waals surface area contributed by atoms with Gasteiger partial charge in [-0.15, -0.1) is 0 Å². The number of rotatable bonds is 3. The summed E-state index contributed by atoms with van der Waals surface area (Å²) in [5.41, 5.74) is 4.94. The highest BCUT2D eigenvalue weighted by Gasteiger charge is 2.20. The molecule has 1 atom stereocenters. The van der Waals surface area contributed by atoms with Crippen LogP contribution < -0.4 is 16.4 Å². The lowest BCUT2D eigenvalue weighted by atomic mass is 10.2. The Morgan fingerprint density at radius 3 is 2.91 bits per heavy atom. The Morgan fingerprint density at radius 1 is 1.50 bits per heavy atom. The molecule has 1 aromatic heterocycles. The number of amides is 2. The number of pyridine rings is 1. The Kier molecular flexibility index (Phi) is 5.47. The molecule has 1 fully saturated rings. The van der Waals surface area contributed by atoms with Gasteiger partial charge in [-0.05, 0) is 30.8 Å². The van der Waals surface area contributed by atoms with Gasteiger partial charge in [-0.25, -0.2) is 9.78 Å². The lowest BCUT2D eigenvalue weighted by molar-refractivity contribution is 0.0925. The van der Waals surface area contributed by atoms with Crippen molar-refractivity contribution in [2.45, 2.75) is 12.5 Å². The van der Waals surface area contributed by atoms with E-state index in [1.807, 2.05) is 0 Å². The van der Waals surface area contributed by atoms with Crippen LogP contribution in [0.3, 0.4) is 0 Å². The van der Waals surface area contributed by atoms with Gasteiger partial charge in [0.2, 0.25) is 0 Å². The first-order valence-electron chi connectivity index (χ1n) is 6.28. The minimum atomic E-state index is -1.06. The molecule has 118 valence electrons. The van der Waals surface area contributed by atoms with Gasteiger partial charge in [-0.3, -0.25) is 4.79 Å². The van der Waals surface area contributed by atoms with Crippen LogP contribution in [0.2, 0.25) is 5.02 Å². The molecule has 0 aliphatic carbocycles. The van der Waals surface area contributed by atoms with E-state index >= 15 is 0 Å². The van der Waals surface area contributed by atoms with Crippen molar-refractivity contribution >= 4 is 46.8 Å². The van der Waals surface area contributed by atoms with Crippen LogP contribution in [0.15, 0.2) is 12.1 Å². The van der Waals surface area contributed by atoms with Crippen molar-refractivity contribution in [3.05, 3.63) is 22.8 Å². The van der Waals surface area contributed by atoms with Crippen molar-refractivity contribution in [1.82, 2.24) is 10.3 Å². The Hall–Kier alpha value is -1.97. The zero-order chi connectivity index (χ0) is 16.1. The summed E-state index contributed by atoms with van der Waals surface area (Å²) in [6.45, 7) is 1.08. The Morgan fingerprint density at radius 2 is 2.27 bits per heavy atom. The summed E-state index contributed by atoms with van der Waals surface area (Å²) in [6.07, 6.45) is -0.313. The molecule has 1 aliphatic heterocycles. The Balaban J connectivity index is 2.06. The third-order valence-electron chi connectivity index (χ3n) is 2.71. The first-order valence-corrected chi connectivity index (χ1v) is 7.07. The number of hydrogen-bond acceptors (Lipinski definition) is 6. The number of nitrogens with zero attached hydrogens (tertiary/aromatic N) is 1. The molecule has 2 rings (SSSR count). The van der Waals surface area contributed by atoms with Crippen molar-refractivity contribution in [2.75, 3.05) is 18.5 Å². The third-order valence-corrected chi connectivity index (χ3v) is 3.11. The highest BCUT2D eigenvalue weighted by molar-refractivity contribution is 7.80. The standard InChI is InChI=1S/C12H13ClN4O4S/c13-6-3-8(10(18)15-7-1-2-20-5-7)16-9(4-6)17-12(22)21-11(14)19/h3-4,7H,1-2,5H2,(H2,14,19)(H,15,18)(H,16,17,22)/t7-/m0/s1. The number of thiocarbonyl (C=S) groups is 1. The van der Waals surface area contributed by atoms with Crippen LogP contribution in [0.5, 0.6) is 0 Å². The summed E-state index contributed by atoms with van der Waals surface area (Å²) >= 11 is 10.7. The van der Waals surface area contributed by atoms with E-state index in [0.29, 0.717) is 13.2 Å². The molecule has 0 bridgehead atoms. The van der Waals surface area contributed by atoms with E-state index in [1.165, 1.54) is 12.1 Å². The van der Waals surface area contributed by atoms with Crippen molar-refractivity contribution < 1.29 is 19.1 Å². The molecule has 0 spiro atoms. The van der Waals surface area contributed by atoms with Crippen molar-refractivity contribution in [1.29, 1.82) is 0 Å². The number of halogens is 1. The number of aromatic nitrogens is 1. The molecule has 2 heterocycles. The second kappa shape index (κ2) is 7.34. The van der Waals surface area contributed by atoms with Gasteiger partial charge in [0, 0.05) is 11.6 Å². The lowest BCUT2D eigenvalue weighted by Gasteiger charge is -2.12. The fourth-order valence-corrected chi connectivity index (χ4v) is 2.20. The molecule has 2 amide bonds. The third kappa shape index (κ3) is 4.79. The maximum Gasteiger partial charge on any atom is 0.411 e. The molecule has 0 unspecified atom stereocenters. The highest BCUT2D eigenvalue weighted by Crippen LogP contribution is 2.16. The smallest absolute Gasteiger partial charge is 0.383 e. The summed E-state index contributed by atoms with van der Waals surface area (Å²) in [5.74, 6) is -0.227. The molecule has 10 heteroatoms. The van der Waals surface area contributed by atoms with Gasteiger partial charge in [0.1, 0.15) is 11.5 Å². The first kappa shape index (κ1) is 16.4. The average Bonchev–Trinajstić information content (AvgIpc) is 2.89. The minimum absolute atomic E-state index is 0.0519. The largest absolute Gasteiger partial charge is 0.411 e. The van der Waals surface area contributed by atoms with E-state index in [-0.39, 0.29) is 33.7 Å². The van der Waals surface area contributed by atoms with Crippen LogP contribution in [-0.2, 0) is 9.47 Å². The summed E-state index contributed by atoms with van der Waals surface area (Å²) in [4.78, 5) is 26.8. The molecule has 0 radical (unpaired) electrons. The lowest BCUT2D eigenvalue weighted by Crippen LogP contribution is -2.35. The molecule has 22 heavy (non-hydrogen) atoms. The topological polar surface area (TPSA) is 116 Å². The first-order chi connectivity index (χ1) is 10.4. The predicted molar refractivity (Wildman–Crippen MR) is 82.8 cm³/mol. The van der Waals surface area contributed by atoms with E-state index < -0.39 is 6.09 Å². The van der Waals surface area contributed by atoms with Crippen LogP contribution in [0.1, 0.15) is 16.9 Å². The number of ether oxygens (including phenoxy) is 2. The summed E-state index contributed by atoms with van der Waals surface area (Å²) in [6, 6.07) is 2.78. The van der Waals surface area contributed by atoms with Gasteiger partial charge in [-0.1, -0.05) is 11.6 Å². The van der Waals surface area contributed by atoms with Crippen LogP contribution in [0.25, 0.3) is 0 Å². The molecular formula is C12H13ClN4O4S. The van der Waals surface area contributed by atoms with Crippen LogP contribution in [0, 0.1) is 0 Å². The van der Waals surface area contributed by atoms with Crippen LogP contribution >= 0.6 is 23.8 Å². The molecule has 0 saturated carbocycles.